The van der Waals surface area contributed by atoms with E-state index in [1.54, 1.807) is 24.2 Å². The molecule has 1 aromatic heterocycles. The lowest BCUT2D eigenvalue weighted by Gasteiger charge is -2.05. The molecule has 0 atom stereocenters. The molecule has 1 aromatic rings. The second-order valence-electron chi connectivity index (χ2n) is 3.46. The predicted molar refractivity (Wildman–Crippen MR) is 69.7 cm³/mol. The van der Waals surface area contributed by atoms with Gasteiger partial charge < -0.3 is 9.64 Å². The van der Waals surface area contributed by atoms with Crippen LogP contribution in [0.1, 0.15) is 17.3 Å². The first-order valence-electron chi connectivity index (χ1n) is 5.08. The van der Waals surface area contributed by atoms with Crippen LogP contribution >= 0.6 is 15.9 Å². The van der Waals surface area contributed by atoms with Crippen molar-refractivity contribution in [2.75, 3.05) is 20.7 Å². The van der Waals surface area contributed by atoms with Gasteiger partial charge in [-0.1, -0.05) is 0 Å². The molecule has 17 heavy (non-hydrogen) atoms. The number of halogens is 1. The largest absolute Gasteiger partial charge is 0.462 e. The van der Waals surface area contributed by atoms with E-state index in [0.717, 1.165) is 0 Å². The molecule has 0 saturated heterocycles. The number of aliphatic imine (C=N–C) groups is 1. The Kier molecular flexibility index (Phi) is 5.09. The molecule has 6 heteroatoms. The van der Waals surface area contributed by atoms with Crippen molar-refractivity contribution in [2.45, 2.75) is 6.92 Å². The quantitative estimate of drug-likeness (QED) is 0.486. The number of aromatic nitrogens is 1. The van der Waals surface area contributed by atoms with Crippen molar-refractivity contribution < 1.29 is 9.53 Å². The molecule has 0 unspecified atom stereocenters. The van der Waals surface area contributed by atoms with E-state index in [4.69, 9.17) is 4.74 Å². The molecule has 92 valence electrons. The standard InChI is InChI=1S/C11H14BrN3O2/c1-4-17-11(16)8-5-9(12)10(13-6-8)14-7-15(2)3/h5-7H,4H2,1-3H3. The van der Waals surface area contributed by atoms with E-state index >= 15 is 0 Å². The molecule has 0 N–H and O–H groups in total. The van der Waals surface area contributed by atoms with Gasteiger partial charge in [0.15, 0.2) is 5.82 Å². The van der Waals surface area contributed by atoms with E-state index in [2.05, 4.69) is 25.9 Å². The number of rotatable bonds is 4. The molecule has 1 heterocycles. The molecule has 0 radical (unpaired) electrons. The Bertz CT molecular complexity index is 433. The third-order valence-electron chi connectivity index (χ3n) is 1.74. The zero-order chi connectivity index (χ0) is 12.8. The molecule has 0 saturated carbocycles. The summed E-state index contributed by atoms with van der Waals surface area (Å²) < 4.78 is 5.53. The van der Waals surface area contributed by atoms with Crippen molar-refractivity contribution in [1.29, 1.82) is 0 Å². The molecule has 0 spiro atoms. The number of carbonyl (C=O) groups excluding carboxylic acids is 1. The highest BCUT2D eigenvalue weighted by molar-refractivity contribution is 9.10. The fraction of sp³-hybridized carbons (Fsp3) is 0.364. The van der Waals surface area contributed by atoms with E-state index in [1.807, 2.05) is 14.1 Å². The minimum Gasteiger partial charge on any atom is -0.462 e. The number of ether oxygens (including phenoxy) is 1. The van der Waals surface area contributed by atoms with Crippen LogP contribution in [0.5, 0.6) is 0 Å². The van der Waals surface area contributed by atoms with Crippen LogP contribution < -0.4 is 0 Å². The topological polar surface area (TPSA) is 54.8 Å². The summed E-state index contributed by atoms with van der Waals surface area (Å²) >= 11 is 3.31. The fourth-order valence-electron chi connectivity index (χ4n) is 1.02. The average molecular weight is 300 g/mol. The Hall–Kier alpha value is -1.43. The summed E-state index contributed by atoms with van der Waals surface area (Å²) in [6.07, 6.45) is 3.09. The number of pyridine rings is 1. The summed E-state index contributed by atoms with van der Waals surface area (Å²) in [5.41, 5.74) is 0.405. The lowest BCUT2D eigenvalue weighted by atomic mass is 10.3. The highest BCUT2D eigenvalue weighted by atomic mass is 79.9. The number of carbonyl (C=O) groups is 1. The summed E-state index contributed by atoms with van der Waals surface area (Å²) in [6.45, 7) is 2.10. The summed E-state index contributed by atoms with van der Waals surface area (Å²) in [7, 11) is 3.73. The van der Waals surface area contributed by atoms with E-state index < -0.39 is 0 Å². The van der Waals surface area contributed by atoms with Gasteiger partial charge in [-0.3, -0.25) is 0 Å². The summed E-state index contributed by atoms with van der Waals surface area (Å²) in [6, 6.07) is 1.65. The van der Waals surface area contributed by atoms with Gasteiger partial charge in [0, 0.05) is 20.3 Å². The van der Waals surface area contributed by atoms with Gasteiger partial charge in [0.25, 0.3) is 0 Å². The van der Waals surface area contributed by atoms with Gasteiger partial charge in [-0.05, 0) is 28.9 Å². The van der Waals surface area contributed by atoms with Crippen LogP contribution in [0.3, 0.4) is 0 Å². The lowest BCUT2D eigenvalue weighted by molar-refractivity contribution is 0.0526. The maximum Gasteiger partial charge on any atom is 0.339 e. The van der Waals surface area contributed by atoms with Crippen LogP contribution in [0.2, 0.25) is 0 Å². The Balaban J connectivity index is 2.90. The molecule has 5 nitrogen and oxygen atoms in total. The molecule has 0 aliphatic carbocycles. The third-order valence-corrected chi connectivity index (χ3v) is 2.33. The second-order valence-corrected chi connectivity index (χ2v) is 4.31. The first kappa shape index (κ1) is 13.6. The number of hydrogen-bond donors (Lipinski definition) is 0. The molecular formula is C11H14BrN3O2. The second kappa shape index (κ2) is 6.34. The zero-order valence-corrected chi connectivity index (χ0v) is 11.6. The zero-order valence-electron chi connectivity index (χ0n) is 9.98. The van der Waals surface area contributed by atoms with Crippen molar-refractivity contribution >= 4 is 34.1 Å². The smallest absolute Gasteiger partial charge is 0.339 e. The minimum atomic E-state index is -0.385. The highest BCUT2D eigenvalue weighted by Crippen LogP contribution is 2.23. The molecule has 0 amide bonds. The van der Waals surface area contributed by atoms with Gasteiger partial charge in [-0.25, -0.2) is 14.8 Å². The van der Waals surface area contributed by atoms with Crippen LogP contribution in [0.15, 0.2) is 21.7 Å². The predicted octanol–water partition coefficient (Wildman–Crippen LogP) is 2.24. The fourth-order valence-corrected chi connectivity index (χ4v) is 1.47. The van der Waals surface area contributed by atoms with Crippen LogP contribution in [0.4, 0.5) is 5.82 Å². The Morgan fingerprint density at radius 2 is 2.35 bits per heavy atom. The highest BCUT2D eigenvalue weighted by Gasteiger charge is 2.09. The molecule has 0 bridgehead atoms. The van der Waals surface area contributed by atoms with Crippen molar-refractivity contribution in [3.05, 3.63) is 22.3 Å². The van der Waals surface area contributed by atoms with E-state index in [-0.39, 0.29) is 5.97 Å². The number of hydrogen-bond acceptors (Lipinski definition) is 4. The Labute approximate surface area is 109 Å². The molecule has 0 fully saturated rings. The molecule has 0 aromatic carbocycles. The van der Waals surface area contributed by atoms with Crippen molar-refractivity contribution in [1.82, 2.24) is 9.88 Å². The van der Waals surface area contributed by atoms with E-state index in [0.29, 0.717) is 22.5 Å². The van der Waals surface area contributed by atoms with Gasteiger partial charge in [0.05, 0.1) is 23.0 Å². The number of esters is 1. The first-order valence-corrected chi connectivity index (χ1v) is 5.87. The summed E-state index contributed by atoms with van der Waals surface area (Å²) in [4.78, 5) is 21.5. The van der Waals surface area contributed by atoms with Gasteiger partial charge in [-0.15, -0.1) is 0 Å². The average Bonchev–Trinajstić information content (AvgIpc) is 2.27. The lowest BCUT2D eigenvalue weighted by Crippen LogP contribution is -2.07. The number of nitrogens with zero attached hydrogens (tertiary/aromatic N) is 3. The van der Waals surface area contributed by atoms with E-state index in [1.165, 1.54) is 6.20 Å². The Morgan fingerprint density at radius 3 is 2.88 bits per heavy atom. The first-order chi connectivity index (χ1) is 8.04. The van der Waals surface area contributed by atoms with Crippen LogP contribution in [-0.4, -0.2) is 42.9 Å². The van der Waals surface area contributed by atoms with E-state index in [9.17, 15) is 4.79 Å². The SMILES string of the molecule is CCOC(=O)c1cnc(N=CN(C)C)c(Br)c1. The van der Waals surface area contributed by atoms with Crippen LogP contribution in [0, 0.1) is 0 Å². The third kappa shape index (κ3) is 4.14. The normalized spacial score (nSPS) is 10.6. The molecule has 0 aliphatic heterocycles. The van der Waals surface area contributed by atoms with Crippen molar-refractivity contribution in [2.24, 2.45) is 4.99 Å². The summed E-state index contributed by atoms with van der Waals surface area (Å²) in [5, 5.41) is 0. The van der Waals surface area contributed by atoms with Crippen molar-refractivity contribution in [3.8, 4) is 0 Å². The Morgan fingerprint density at radius 1 is 1.65 bits per heavy atom. The molecule has 0 aliphatic rings. The maximum atomic E-state index is 11.4. The van der Waals surface area contributed by atoms with Gasteiger partial charge in [0.2, 0.25) is 0 Å². The monoisotopic (exact) mass is 299 g/mol. The van der Waals surface area contributed by atoms with Crippen LogP contribution in [-0.2, 0) is 4.74 Å². The van der Waals surface area contributed by atoms with Gasteiger partial charge >= 0.3 is 5.97 Å². The van der Waals surface area contributed by atoms with Gasteiger partial charge in [-0.2, -0.15) is 0 Å². The van der Waals surface area contributed by atoms with Crippen LogP contribution in [0.25, 0.3) is 0 Å². The minimum absolute atomic E-state index is 0.344. The molecular weight excluding hydrogens is 286 g/mol. The molecule has 1 rings (SSSR count). The van der Waals surface area contributed by atoms with Gasteiger partial charge in [0.1, 0.15) is 0 Å². The summed E-state index contributed by atoms with van der Waals surface area (Å²) in [5.74, 6) is 0.135. The van der Waals surface area contributed by atoms with Crippen molar-refractivity contribution in [3.63, 3.8) is 0 Å². The maximum absolute atomic E-state index is 11.4.